The summed E-state index contributed by atoms with van der Waals surface area (Å²) in [6.45, 7) is 3.25. The SMILES string of the molecule is CCn1cc(CN2C(=O)/C(=C\c3ccc(Cc4ccccc4)s3)NC2=S)cn1. The Bertz CT molecular complexity index is 1040. The summed E-state index contributed by atoms with van der Waals surface area (Å²) in [5.41, 5.74) is 2.75. The molecule has 142 valence electrons. The summed E-state index contributed by atoms with van der Waals surface area (Å²) in [7, 11) is 0. The van der Waals surface area contributed by atoms with Crippen molar-refractivity contribution in [2.45, 2.75) is 26.4 Å². The van der Waals surface area contributed by atoms with E-state index < -0.39 is 0 Å². The molecule has 0 atom stereocenters. The van der Waals surface area contributed by atoms with Gasteiger partial charge in [-0.1, -0.05) is 30.3 Å². The molecule has 4 rings (SSSR count). The van der Waals surface area contributed by atoms with Crippen LogP contribution in [0.3, 0.4) is 0 Å². The van der Waals surface area contributed by atoms with Gasteiger partial charge in [0.2, 0.25) is 0 Å². The lowest BCUT2D eigenvalue weighted by Crippen LogP contribution is -2.29. The predicted octanol–water partition coefficient (Wildman–Crippen LogP) is 3.81. The molecule has 3 aromatic rings. The largest absolute Gasteiger partial charge is 0.328 e. The first-order valence-electron chi connectivity index (χ1n) is 9.11. The van der Waals surface area contributed by atoms with Crippen molar-refractivity contribution in [1.29, 1.82) is 0 Å². The van der Waals surface area contributed by atoms with Crippen LogP contribution in [0.25, 0.3) is 6.08 Å². The number of benzene rings is 1. The zero-order chi connectivity index (χ0) is 19.5. The van der Waals surface area contributed by atoms with E-state index in [4.69, 9.17) is 12.2 Å². The molecular weight excluding hydrogens is 388 g/mol. The van der Waals surface area contributed by atoms with E-state index in [1.807, 2.05) is 48.1 Å². The van der Waals surface area contributed by atoms with E-state index in [-0.39, 0.29) is 5.91 Å². The Morgan fingerprint density at radius 1 is 1.18 bits per heavy atom. The average molecular weight is 409 g/mol. The molecule has 5 nitrogen and oxygen atoms in total. The van der Waals surface area contributed by atoms with E-state index in [9.17, 15) is 4.79 Å². The Morgan fingerprint density at radius 3 is 2.75 bits per heavy atom. The quantitative estimate of drug-likeness (QED) is 0.498. The molecule has 1 amide bonds. The van der Waals surface area contributed by atoms with E-state index in [1.54, 1.807) is 22.4 Å². The highest BCUT2D eigenvalue weighted by Gasteiger charge is 2.31. The second-order valence-electron chi connectivity index (χ2n) is 6.55. The number of rotatable bonds is 6. The molecule has 1 aromatic carbocycles. The molecule has 0 bridgehead atoms. The minimum Gasteiger partial charge on any atom is -0.328 e. The molecule has 7 heteroatoms. The summed E-state index contributed by atoms with van der Waals surface area (Å²) in [5, 5.41) is 7.74. The third kappa shape index (κ3) is 4.05. The van der Waals surface area contributed by atoms with Crippen LogP contribution in [0.1, 0.15) is 27.8 Å². The van der Waals surface area contributed by atoms with E-state index in [0.717, 1.165) is 23.4 Å². The van der Waals surface area contributed by atoms with Crippen molar-refractivity contribution in [3.63, 3.8) is 0 Å². The highest BCUT2D eigenvalue weighted by molar-refractivity contribution is 7.80. The van der Waals surface area contributed by atoms with Gasteiger partial charge in [-0.15, -0.1) is 11.3 Å². The molecule has 0 radical (unpaired) electrons. The van der Waals surface area contributed by atoms with Crippen molar-refractivity contribution in [3.8, 4) is 0 Å². The first-order valence-corrected chi connectivity index (χ1v) is 10.3. The van der Waals surface area contributed by atoms with Gasteiger partial charge in [0.05, 0.1) is 12.7 Å². The number of aryl methyl sites for hydroxylation is 1. The number of nitrogens with zero attached hydrogens (tertiary/aromatic N) is 3. The van der Waals surface area contributed by atoms with Gasteiger partial charge in [-0.25, -0.2) is 0 Å². The monoisotopic (exact) mass is 408 g/mol. The lowest BCUT2D eigenvalue weighted by Gasteiger charge is -2.12. The Hall–Kier alpha value is -2.77. The van der Waals surface area contributed by atoms with Gasteiger partial charge >= 0.3 is 0 Å². The Kier molecular flexibility index (Phi) is 5.36. The number of thiophene rings is 1. The summed E-state index contributed by atoms with van der Waals surface area (Å²) < 4.78 is 1.84. The molecule has 0 spiro atoms. The number of hydrogen-bond donors (Lipinski definition) is 1. The summed E-state index contributed by atoms with van der Waals surface area (Å²) in [5.74, 6) is -0.104. The third-order valence-electron chi connectivity index (χ3n) is 4.50. The van der Waals surface area contributed by atoms with Crippen LogP contribution in [0.15, 0.2) is 60.6 Å². The maximum atomic E-state index is 12.8. The first-order chi connectivity index (χ1) is 13.6. The molecule has 0 saturated carbocycles. The zero-order valence-corrected chi connectivity index (χ0v) is 17.1. The van der Waals surface area contributed by atoms with Gasteiger partial charge in [0.25, 0.3) is 5.91 Å². The number of carbonyl (C=O) groups excluding carboxylic acids is 1. The van der Waals surface area contributed by atoms with Gasteiger partial charge in [0.15, 0.2) is 5.11 Å². The van der Waals surface area contributed by atoms with Crippen LogP contribution in [0, 0.1) is 0 Å². The van der Waals surface area contributed by atoms with Crippen LogP contribution >= 0.6 is 23.6 Å². The Balaban J connectivity index is 1.46. The van der Waals surface area contributed by atoms with Gasteiger partial charge in [0.1, 0.15) is 5.70 Å². The predicted molar refractivity (Wildman–Crippen MR) is 116 cm³/mol. The topological polar surface area (TPSA) is 50.2 Å². The fourth-order valence-electron chi connectivity index (χ4n) is 3.07. The normalized spacial score (nSPS) is 15.5. The van der Waals surface area contributed by atoms with Crippen molar-refractivity contribution < 1.29 is 4.79 Å². The summed E-state index contributed by atoms with van der Waals surface area (Å²) in [6, 6.07) is 14.5. The lowest BCUT2D eigenvalue weighted by molar-refractivity contribution is -0.122. The maximum absolute atomic E-state index is 12.8. The molecule has 2 aromatic heterocycles. The van der Waals surface area contributed by atoms with Crippen molar-refractivity contribution in [2.75, 3.05) is 0 Å². The van der Waals surface area contributed by atoms with E-state index >= 15 is 0 Å². The standard InChI is InChI=1S/C21H20N4OS2/c1-2-24-13-16(12-22-24)14-25-20(26)19(23-21(25)27)11-18-9-8-17(28-18)10-15-6-4-3-5-7-15/h3-9,11-13H,2,10,14H2,1H3,(H,23,27)/b19-11+. The number of carbonyl (C=O) groups is 1. The van der Waals surface area contributed by atoms with E-state index in [2.05, 4.69) is 28.6 Å². The number of thiocarbonyl (C=S) groups is 1. The summed E-state index contributed by atoms with van der Waals surface area (Å²) >= 11 is 7.05. The van der Waals surface area contributed by atoms with Gasteiger partial charge < -0.3 is 5.32 Å². The highest BCUT2D eigenvalue weighted by atomic mass is 32.1. The van der Waals surface area contributed by atoms with Gasteiger partial charge in [-0.2, -0.15) is 5.10 Å². The average Bonchev–Trinajstić information content (AvgIpc) is 3.40. The third-order valence-corrected chi connectivity index (χ3v) is 5.86. The Labute approximate surface area is 173 Å². The zero-order valence-electron chi connectivity index (χ0n) is 15.5. The molecule has 0 aliphatic carbocycles. The van der Waals surface area contributed by atoms with Crippen molar-refractivity contribution in [1.82, 2.24) is 20.0 Å². The molecule has 1 N–H and O–H groups in total. The fraction of sp³-hybridized carbons (Fsp3) is 0.190. The summed E-state index contributed by atoms with van der Waals surface area (Å²) in [6.07, 6.45) is 6.48. The molecular formula is C21H20N4OS2. The molecule has 1 saturated heterocycles. The van der Waals surface area contributed by atoms with Crippen LogP contribution in [0.5, 0.6) is 0 Å². The molecule has 0 unspecified atom stereocenters. The molecule has 1 fully saturated rings. The maximum Gasteiger partial charge on any atom is 0.276 e. The minimum absolute atomic E-state index is 0.104. The number of aromatic nitrogens is 2. The number of hydrogen-bond acceptors (Lipinski definition) is 4. The van der Waals surface area contributed by atoms with Crippen LogP contribution in [0.2, 0.25) is 0 Å². The van der Waals surface area contributed by atoms with Crippen LogP contribution in [0.4, 0.5) is 0 Å². The van der Waals surface area contributed by atoms with Gasteiger partial charge in [-0.3, -0.25) is 14.4 Å². The van der Waals surface area contributed by atoms with E-state index in [1.165, 1.54) is 10.4 Å². The molecule has 28 heavy (non-hydrogen) atoms. The highest BCUT2D eigenvalue weighted by Crippen LogP contribution is 2.24. The van der Waals surface area contributed by atoms with Crippen molar-refractivity contribution >= 4 is 40.7 Å². The molecule has 1 aliphatic rings. The fourth-order valence-corrected chi connectivity index (χ4v) is 4.31. The first kappa shape index (κ1) is 18.6. The molecule has 1 aliphatic heterocycles. The lowest BCUT2D eigenvalue weighted by atomic mass is 10.1. The smallest absolute Gasteiger partial charge is 0.276 e. The van der Waals surface area contributed by atoms with E-state index in [0.29, 0.717) is 17.4 Å². The second kappa shape index (κ2) is 8.08. The van der Waals surface area contributed by atoms with Gasteiger partial charge in [-0.05, 0) is 42.9 Å². The Morgan fingerprint density at radius 2 is 2.00 bits per heavy atom. The summed E-state index contributed by atoms with van der Waals surface area (Å²) in [4.78, 5) is 16.7. The van der Waals surface area contributed by atoms with Crippen LogP contribution < -0.4 is 5.32 Å². The van der Waals surface area contributed by atoms with Crippen molar-refractivity contribution in [3.05, 3.63) is 81.4 Å². The number of amides is 1. The van der Waals surface area contributed by atoms with Gasteiger partial charge in [0, 0.05) is 34.5 Å². The van der Waals surface area contributed by atoms with Crippen LogP contribution in [-0.4, -0.2) is 25.7 Å². The number of nitrogens with one attached hydrogen (secondary N) is 1. The van der Waals surface area contributed by atoms with Crippen LogP contribution in [-0.2, 0) is 24.3 Å². The second-order valence-corrected chi connectivity index (χ2v) is 8.14. The molecule has 3 heterocycles. The van der Waals surface area contributed by atoms with Crippen molar-refractivity contribution in [2.24, 2.45) is 0 Å². The minimum atomic E-state index is -0.104.